The fourth-order valence-electron chi connectivity index (χ4n) is 1.79. The first-order valence-electron chi connectivity index (χ1n) is 5.68. The molecule has 5 heteroatoms. The van der Waals surface area contributed by atoms with Gasteiger partial charge < -0.3 is 14.8 Å². The third kappa shape index (κ3) is 3.94. The van der Waals surface area contributed by atoms with Crippen molar-refractivity contribution >= 4 is 15.9 Å². The molecule has 2 rings (SSSR count). The Morgan fingerprint density at radius 1 is 1.59 bits per heavy atom. The van der Waals surface area contributed by atoms with Gasteiger partial charge in [0.2, 0.25) is 5.88 Å². The molecule has 0 spiro atoms. The van der Waals surface area contributed by atoms with Crippen LogP contribution in [0.4, 0.5) is 0 Å². The van der Waals surface area contributed by atoms with E-state index >= 15 is 0 Å². The zero-order chi connectivity index (χ0) is 12.3. The van der Waals surface area contributed by atoms with Crippen molar-refractivity contribution in [2.24, 2.45) is 0 Å². The van der Waals surface area contributed by atoms with Crippen LogP contribution in [0.1, 0.15) is 13.8 Å². The third-order valence-electron chi connectivity index (χ3n) is 2.53. The third-order valence-corrected chi connectivity index (χ3v) is 2.99. The van der Waals surface area contributed by atoms with Crippen molar-refractivity contribution in [3.05, 3.63) is 22.8 Å². The quantitative estimate of drug-likeness (QED) is 0.927. The summed E-state index contributed by atoms with van der Waals surface area (Å²) >= 11 is 3.34. The van der Waals surface area contributed by atoms with Gasteiger partial charge in [0.25, 0.3) is 0 Å². The Bertz CT molecular complexity index is 367. The molecular formula is C12H17BrN2O2. The van der Waals surface area contributed by atoms with Crippen LogP contribution in [0.5, 0.6) is 5.88 Å². The van der Waals surface area contributed by atoms with Crippen molar-refractivity contribution < 1.29 is 9.47 Å². The van der Waals surface area contributed by atoms with Crippen LogP contribution in [-0.4, -0.2) is 36.4 Å². The average Bonchev–Trinajstić information content (AvgIpc) is 2.27. The summed E-state index contributed by atoms with van der Waals surface area (Å²) in [5, 5.41) is 3.34. The summed E-state index contributed by atoms with van der Waals surface area (Å²) in [7, 11) is 0. The second kappa shape index (κ2) is 5.33. The van der Waals surface area contributed by atoms with E-state index in [9.17, 15) is 0 Å². The maximum atomic E-state index is 5.89. The first-order chi connectivity index (χ1) is 8.05. The molecule has 0 saturated carbocycles. The highest BCUT2D eigenvalue weighted by Crippen LogP contribution is 2.17. The molecule has 0 aliphatic carbocycles. The molecule has 1 aromatic heterocycles. The monoisotopic (exact) mass is 300 g/mol. The Labute approximate surface area is 110 Å². The SMILES string of the molecule is CC1(C)CNCC(COc2ccc(Br)cn2)O1. The second-order valence-corrected chi connectivity index (χ2v) is 5.67. The van der Waals surface area contributed by atoms with E-state index in [1.54, 1.807) is 6.20 Å². The highest BCUT2D eigenvalue weighted by atomic mass is 79.9. The first kappa shape index (κ1) is 12.8. The van der Waals surface area contributed by atoms with Gasteiger partial charge in [-0.1, -0.05) is 0 Å². The summed E-state index contributed by atoms with van der Waals surface area (Å²) in [6.45, 7) is 6.36. The topological polar surface area (TPSA) is 43.4 Å². The van der Waals surface area contributed by atoms with E-state index in [4.69, 9.17) is 9.47 Å². The largest absolute Gasteiger partial charge is 0.475 e. The summed E-state index contributed by atoms with van der Waals surface area (Å²) in [5.74, 6) is 0.625. The molecule has 0 amide bonds. The molecule has 1 aromatic rings. The van der Waals surface area contributed by atoms with Crippen molar-refractivity contribution in [2.75, 3.05) is 19.7 Å². The molecule has 1 atom stereocenters. The number of nitrogens with one attached hydrogen (secondary N) is 1. The molecule has 1 unspecified atom stereocenters. The molecule has 0 aromatic carbocycles. The lowest BCUT2D eigenvalue weighted by Crippen LogP contribution is -2.52. The second-order valence-electron chi connectivity index (χ2n) is 4.76. The molecule has 1 aliphatic rings. The molecule has 0 bridgehead atoms. The average molecular weight is 301 g/mol. The van der Waals surface area contributed by atoms with Crippen LogP contribution in [-0.2, 0) is 4.74 Å². The van der Waals surface area contributed by atoms with Crippen LogP contribution in [0.15, 0.2) is 22.8 Å². The highest BCUT2D eigenvalue weighted by molar-refractivity contribution is 9.10. The number of ether oxygens (including phenoxy) is 2. The molecule has 2 heterocycles. The Morgan fingerprint density at radius 3 is 3.06 bits per heavy atom. The number of halogens is 1. The molecule has 4 nitrogen and oxygen atoms in total. The smallest absolute Gasteiger partial charge is 0.213 e. The van der Waals surface area contributed by atoms with Crippen LogP contribution in [0.3, 0.4) is 0 Å². The van der Waals surface area contributed by atoms with Crippen molar-refractivity contribution in [1.29, 1.82) is 0 Å². The fourth-order valence-corrected chi connectivity index (χ4v) is 2.02. The molecule has 1 aliphatic heterocycles. The summed E-state index contributed by atoms with van der Waals surface area (Å²) in [6.07, 6.45) is 1.79. The van der Waals surface area contributed by atoms with E-state index in [2.05, 4.69) is 40.1 Å². The maximum Gasteiger partial charge on any atom is 0.213 e. The Hall–Kier alpha value is -0.650. The van der Waals surface area contributed by atoms with E-state index in [1.165, 1.54) is 0 Å². The van der Waals surface area contributed by atoms with Gasteiger partial charge >= 0.3 is 0 Å². The van der Waals surface area contributed by atoms with Gasteiger partial charge in [-0.25, -0.2) is 4.98 Å². The molecule has 0 radical (unpaired) electrons. The summed E-state index contributed by atoms with van der Waals surface area (Å²) in [4.78, 5) is 4.15. The van der Waals surface area contributed by atoms with Crippen LogP contribution < -0.4 is 10.1 Å². The Kier molecular flexibility index (Phi) is 4.01. The van der Waals surface area contributed by atoms with Crippen molar-refractivity contribution in [2.45, 2.75) is 25.6 Å². The van der Waals surface area contributed by atoms with Gasteiger partial charge in [0.15, 0.2) is 0 Å². The minimum atomic E-state index is -0.126. The fraction of sp³-hybridized carbons (Fsp3) is 0.583. The number of morpholine rings is 1. The molecule has 1 fully saturated rings. The Morgan fingerprint density at radius 2 is 2.41 bits per heavy atom. The lowest BCUT2D eigenvalue weighted by molar-refractivity contribution is -0.107. The van der Waals surface area contributed by atoms with Crippen LogP contribution in [0.2, 0.25) is 0 Å². The van der Waals surface area contributed by atoms with E-state index < -0.39 is 0 Å². The van der Waals surface area contributed by atoms with Gasteiger partial charge in [0.05, 0.1) is 5.60 Å². The zero-order valence-electron chi connectivity index (χ0n) is 10.1. The van der Waals surface area contributed by atoms with E-state index in [1.807, 2.05) is 12.1 Å². The lowest BCUT2D eigenvalue weighted by atomic mass is 10.1. The van der Waals surface area contributed by atoms with Crippen LogP contribution in [0.25, 0.3) is 0 Å². The summed E-state index contributed by atoms with van der Waals surface area (Å²) in [6, 6.07) is 3.75. The highest BCUT2D eigenvalue weighted by Gasteiger charge is 2.28. The van der Waals surface area contributed by atoms with Gasteiger partial charge in [-0.05, 0) is 35.8 Å². The van der Waals surface area contributed by atoms with Crippen LogP contribution >= 0.6 is 15.9 Å². The van der Waals surface area contributed by atoms with E-state index in [-0.39, 0.29) is 11.7 Å². The number of rotatable bonds is 3. The predicted octanol–water partition coefficient (Wildman–Crippen LogP) is 1.99. The predicted molar refractivity (Wildman–Crippen MR) is 69.3 cm³/mol. The summed E-state index contributed by atoms with van der Waals surface area (Å²) < 4.78 is 12.4. The molecule has 1 N–H and O–H groups in total. The van der Waals surface area contributed by atoms with Gasteiger partial charge in [-0.15, -0.1) is 0 Å². The standard InChI is InChI=1S/C12H17BrN2O2/c1-12(2)8-14-6-10(17-12)7-16-11-4-3-9(13)5-15-11/h3-5,10,14H,6-8H2,1-2H3. The number of aromatic nitrogens is 1. The first-order valence-corrected chi connectivity index (χ1v) is 6.47. The number of hydrogen-bond donors (Lipinski definition) is 1. The van der Waals surface area contributed by atoms with E-state index in [0.717, 1.165) is 17.6 Å². The van der Waals surface area contributed by atoms with E-state index in [0.29, 0.717) is 12.5 Å². The Balaban J connectivity index is 1.84. The maximum absolute atomic E-state index is 5.89. The van der Waals surface area contributed by atoms with Crippen molar-refractivity contribution in [3.8, 4) is 5.88 Å². The number of hydrogen-bond acceptors (Lipinski definition) is 4. The molecule has 17 heavy (non-hydrogen) atoms. The van der Waals surface area contributed by atoms with Crippen LogP contribution in [0, 0.1) is 0 Å². The molecule has 94 valence electrons. The molecular weight excluding hydrogens is 284 g/mol. The normalized spacial score (nSPS) is 23.4. The number of pyridine rings is 1. The summed E-state index contributed by atoms with van der Waals surface area (Å²) in [5.41, 5.74) is -0.126. The minimum absolute atomic E-state index is 0.0733. The van der Waals surface area contributed by atoms with Gasteiger partial charge in [-0.3, -0.25) is 0 Å². The van der Waals surface area contributed by atoms with Crippen molar-refractivity contribution in [1.82, 2.24) is 10.3 Å². The van der Waals surface area contributed by atoms with Gasteiger partial charge in [0.1, 0.15) is 12.7 Å². The number of nitrogens with zero attached hydrogens (tertiary/aromatic N) is 1. The van der Waals surface area contributed by atoms with Gasteiger partial charge in [0, 0.05) is 29.8 Å². The van der Waals surface area contributed by atoms with Gasteiger partial charge in [-0.2, -0.15) is 0 Å². The lowest BCUT2D eigenvalue weighted by Gasteiger charge is -2.36. The zero-order valence-corrected chi connectivity index (χ0v) is 11.7. The molecule has 1 saturated heterocycles. The van der Waals surface area contributed by atoms with Crippen molar-refractivity contribution in [3.63, 3.8) is 0 Å². The minimum Gasteiger partial charge on any atom is -0.475 e.